The summed E-state index contributed by atoms with van der Waals surface area (Å²) in [5.41, 5.74) is 5.70. The molecule has 0 amide bonds. The van der Waals surface area contributed by atoms with Crippen LogP contribution in [0, 0.1) is 0 Å². The third-order valence-corrected chi connectivity index (χ3v) is 5.87. The molecule has 0 spiro atoms. The summed E-state index contributed by atoms with van der Waals surface area (Å²) < 4.78 is 14.0. The van der Waals surface area contributed by atoms with Crippen LogP contribution in [0.4, 0.5) is 0 Å². The van der Waals surface area contributed by atoms with Gasteiger partial charge in [-0.05, 0) is 91.5 Å². The van der Waals surface area contributed by atoms with E-state index in [4.69, 9.17) is 9.47 Å². The molecule has 0 saturated heterocycles. The Balaban J connectivity index is 2.35. The largest absolute Gasteiger partial charge is 0.485 e. The smallest absolute Gasteiger partial charge is 0.315 e. The summed E-state index contributed by atoms with van der Waals surface area (Å²) in [4.78, 5) is 13.5. The molecule has 0 aliphatic heterocycles. The molecule has 196 valence electrons. The van der Waals surface area contributed by atoms with Gasteiger partial charge in [0.2, 0.25) is 5.75 Å². The maximum Gasteiger partial charge on any atom is 0.315 e. The number of pyridine rings is 1. The molecule has 0 fully saturated rings. The van der Waals surface area contributed by atoms with E-state index in [1.54, 1.807) is 9.69 Å². The molecule has 2 aromatic rings. The number of aromatic nitrogens is 1. The first-order valence-corrected chi connectivity index (χ1v) is 12.8. The molecule has 2 rings (SSSR count). The number of allylic oxidation sites excluding steroid dienone is 6. The number of ether oxygens (including phenoxy) is 2. The molecule has 36 heavy (non-hydrogen) atoms. The van der Waals surface area contributed by atoms with Gasteiger partial charge in [0.15, 0.2) is 5.75 Å². The minimum Gasteiger partial charge on any atom is -0.485 e. The number of rotatable bonds is 13. The number of hydrogen-bond acceptors (Lipinski definition) is 4. The maximum absolute atomic E-state index is 13.5. The van der Waals surface area contributed by atoms with Crippen molar-refractivity contribution in [3.8, 4) is 11.5 Å². The van der Waals surface area contributed by atoms with E-state index in [2.05, 4.69) is 59.8 Å². The average molecular weight is 493 g/mol. The molecule has 0 aliphatic carbocycles. The Morgan fingerprint density at radius 2 is 1.28 bits per heavy atom. The molecule has 1 aromatic heterocycles. The Bertz CT molecular complexity index is 1190. The van der Waals surface area contributed by atoms with Crippen LogP contribution in [-0.4, -0.2) is 32.0 Å². The summed E-state index contributed by atoms with van der Waals surface area (Å²) in [6.45, 7) is 13.4. The van der Waals surface area contributed by atoms with Crippen LogP contribution in [0.1, 0.15) is 67.2 Å². The van der Waals surface area contributed by atoms with Crippen LogP contribution < -0.4 is 20.0 Å². The standard InChI is InChI=1S/C31H44N2O3/c1-23(2)13-11-15-25(5)19-21-35-29-27-17-9-10-18-28(27)33(32(7)8)31(34)30(29)36-22-20-26(6)16-12-14-24(3)4/h9-10,13-14,17-20H,11-12,15-16,21-22H2,1-8H3/b25-19+,26-20+. The zero-order chi connectivity index (χ0) is 26.7. The van der Waals surface area contributed by atoms with Crippen molar-refractivity contribution in [2.45, 2.75) is 67.2 Å². The number of hydrogen-bond donors (Lipinski definition) is 0. The Hall–Kier alpha value is -3.21. The fraction of sp³-hybridized carbons (Fsp3) is 0.452. The van der Waals surface area contributed by atoms with E-state index in [-0.39, 0.29) is 11.3 Å². The van der Waals surface area contributed by atoms with Crippen LogP contribution in [0.2, 0.25) is 0 Å². The van der Waals surface area contributed by atoms with Crippen molar-refractivity contribution in [1.82, 2.24) is 4.68 Å². The summed E-state index contributed by atoms with van der Waals surface area (Å²) in [7, 11) is 3.70. The van der Waals surface area contributed by atoms with Gasteiger partial charge in [-0.25, -0.2) is 4.68 Å². The number of fused-ring (bicyclic) bond motifs is 1. The van der Waals surface area contributed by atoms with E-state index >= 15 is 0 Å². The third-order valence-electron chi connectivity index (χ3n) is 5.87. The molecular formula is C31H44N2O3. The molecule has 5 nitrogen and oxygen atoms in total. The maximum atomic E-state index is 13.5. The highest BCUT2D eigenvalue weighted by atomic mass is 16.5. The zero-order valence-corrected chi connectivity index (χ0v) is 23.5. The van der Waals surface area contributed by atoms with Gasteiger partial charge in [0.25, 0.3) is 0 Å². The minimum absolute atomic E-state index is 0.228. The van der Waals surface area contributed by atoms with E-state index < -0.39 is 0 Å². The first-order chi connectivity index (χ1) is 17.1. The molecule has 1 heterocycles. The summed E-state index contributed by atoms with van der Waals surface area (Å²) in [5.74, 6) is 0.740. The van der Waals surface area contributed by atoms with Gasteiger partial charge in [0.1, 0.15) is 13.2 Å². The third kappa shape index (κ3) is 8.78. The second-order valence-corrected chi connectivity index (χ2v) is 10.0. The highest BCUT2D eigenvalue weighted by molar-refractivity contribution is 5.88. The van der Waals surface area contributed by atoms with Gasteiger partial charge in [-0.15, -0.1) is 0 Å². The normalized spacial score (nSPS) is 11.9. The van der Waals surface area contributed by atoms with Gasteiger partial charge in [0, 0.05) is 19.5 Å². The van der Waals surface area contributed by atoms with Gasteiger partial charge in [-0.2, -0.15) is 0 Å². The Labute approximate surface area is 217 Å². The SMILES string of the molecule is CC(C)=CCC/C(C)=C/COc1c(OC/C=C(\C)CCC=C(C)C)c2ccccc2n(N(C)C)c1=O. The Morgan fingerprint density at radius 1 is 0.778 bits per heavy atom. The van der Waals surface area contributed by atoms with Crippen LogP contribution in [0.5, 0.6) is 11.5 Å². The monoisotopic (exact) mass is 492 g/mol. The fourth-order valence-electron chi connectivity index (χ4n) is 3.86. The highest BCUT2D eigenvalue weighted by Gasteiger charge is 2.20. The Kier molecular flexibility index (Phi) is 11.6. The fourth-order valence-corrected chi connectivity index (χ4v) is 3.86. The first kappa shape index (κ1) is 29.0. The van der Waals surface area contributed by atoms with Crippen molar-refractivity contribution in [2.75, 3.05) is 32.3 Å². The lowest BCUT2D eigenvalue weighted by Crippen LogP contribution is -2.37. The number of nitrogens with zero attached hydrogens (tertiary/aromatic N) is 2. The molecule has 1 aromatic carbocycles. The van der Waals surface area contributed by atoms with Gasteiger partial charge in [-0.3, -0.25) is 4.79 Å². The molecule has 0 aliphatic rings. The topological polar surface area (TPSA) is 43.7 Å². The van der Waals surface area contributed by atoms with Crippen molar-refractivity contribution in [2.24, 2.45) is 0 Å². The van der Waals surface area contributed by atoms with Crippen LogP contribution in [0.3, 0.4) is 0 Å². The molecule has 5 heteroatoms. The predicted octanol–water partition coefficient (Wildman–Crippen LogP) is 7.34. The van der Waals surface area contributed by atoms with Crippen LogP contribution in [0.15, 0.2) is 75.7 Å². The second kappa shape index (κ2) is 14.4. The average Bonchev–Trinajstić information content (AvgIpc) is 2.79. The number of benzene rings is 1. The molecular weight excluding hydrogens is 448 g/mol. The Morgan fingerprint density at radius 3 is 1.78 bits per heavy atom. The zero-order valence-electron chi connectivity index (χ0n) is 23.5. The molecule has 0 radical (unpaired) electrons. The highest BCUT2D eigenvalue weighted by Crippen LogP contribution is 2.33. The van der Waals surface area contributed by atoms with Crippen molar-refractivity contribution in [1.29, 1.82) is 0 Å². The lowest BCUT2D eigenvalue weighted by Gasteiger charge is -2.22. The summed E-state index contributed by atoms with van der Waals surface area (Å²) in [5, 5.41) is 2.62. The van der Waals surface area contributed by atoms with Gasteiger partial charge in [0.05, 0.1) is 5.52 Å². The molecule has 0 bridgehead atoms. The molecule has 0 N–H and O–H groups in total. The summed E-state index contributed by atoms with van der Waals surface area (Å²) >= 11 is 0. The minimum atomic E-state index is -0.228. The molecule has 0 saturated carbocycles. The first-order valence-electron chi connectivity index (χ1n) is 12.8. The van der Waals surface area contributed by atoms with E-state index in [9.17, 15) is 4.79 Å². The lowest BCUT2D eigenvalue weighted by atomic mass is 10.1. The van der Waals surface area contributed by atoms with E-state index in [1.165, 1.54) is 22.3 Å². The van der Waals surface area contributed by atoms with E-state index in [0.29, 0.717) is 19.0 Å². The van der Waals surface area contributed by atoms with Crippen LogP contribution >= 0.6 is 0 Å². The molecule has 0 atom stereocenters. The van der Waals surface area contributed by atoms with E-state index in [1.807, 2.05) is 44.4 Å². The van der Waals surface area contributed by atoms with Crippen molar-refractivity contribution >= 4 is 10.9 Å². The molecule has 0 unspecified atom stereocenters. The van der Waals surface area contributed by atoms with Gasteiger partial charge < -0.3 is 14.5 Å². The van der Waals surface area contributed by atoms with Gasteiger partial charge >= 0.3 is 5.56 Å². The van der Waals surface area contributed by atoms with Crippen LogP contribution in [0.25, 0.3) is 10.9 Å². The van der Waals surface area contributed by atoms with Crippen molar-refractivity contribution < 1.29 is 9.47 Å². The quantitative estimate of drug-likeness (QED) is 0.274. The van der Waals surface area contributed by atoms with Crippen molar-refractivity contribution in [3.05, 3.63) is 81.2 Å². The van der Waals surface area contributed by atoms with E-state index in [0.717, 1.165) is 36.6 Å². The van der Waals surface area contributed by atoms with Gasteiger partial charge in [-0.1, -0.05) is 46.6 Å². The second-order valence-electron chi connectivity index (χ2n) is 10.0. The predicted molar refractivity (Wildman–Crippen MR) is 154 cm³/mol. The summed E-state index contributed by atoms with van der Waals surface area (Å²) in [6, 6.07) is 7.79. The lowest BCUT2D eigenvalue weighted by molar-refractivity contribution is 0.304. The van der Waals surface area contributed by atoms with Crippen molar-refractivity contribution in [3.63, 3.8) is 0 Å². The van der Waals surface area contributed by atoms with Crippen LogP contribution in [-0.2, 0) is 0 Å². The number of para-hydroxylation sites is 1. The summed E-state index contributed by atoms with van der Waals surface area (Å²) in [6.07, 6.45) is 12.6.